The zero-order valence-electron chi connectivity index (χ0n) is 10.1. The van der Waals surface area contributed by atoms with Crippen LogP contribution in [0.5, 0.6) is 0 Å². The Bertz CT molecular complexity index is 307. The third-order valence-electron chi connectivity index (χ3n) is 2.28. The monoisotopic (exact) mass is 207 g/mol. The average molecular weight is 207 g/mol. The molecule has 0 spiro atoms. The van der Waals surface area contributed by atoms with Gasteiger partial charge in [-0.15, -0.1) is 0 Å². The van der Waals surface area contributed by atoms with Crippen LogP contribution in [-0.4, -0.2) is 17.6 Å². The third-order valence-corrected chi connectivity index (χ3v) is 2.28. The topological polar surface area (TPSA) is 42.2 Å². The Kier molecular flexibility index (Phi) is 3.95. The van der Waals surface area contributed by atoms with Crippen molar-refractivity contribution >= 4 is 11.5 Å². The molecular formula is C12H21N3. The molecule has 0 atom stereocenters. The summed E-state index contributed by atoms with van der Waals surface area (Å²) in [5, 5.41) is 0. The lowest BCUT2D eigenvalue weighted by atomic mass is 10.1. The van der Waals surface area contributed by atoms with Crippen molar-refractivity contribution in [1.82, 2.24) is 4.98 Å². The zero-order chi connectivity index (χ0) is 11.4. The number of rotatable bonds is 4. The Morgan fingerprint density at radius 1 is 1.33 bits per heavy atom. The van der Waals surface area contributed by atoms with Crippen molar-refractivity contribution in [3.05, 3.63) is 18.3 Å². The van der Waals surface area contributed by atoms with E-state index in [1.165, 1.54) is 0 Å². The van der Waals surface area contributed by atoms with E-state index in [1.54, 1.807) is 6.20 Å². The van der Waals surface area contributed by atoms with Crippen molar-refractivity contribution in [2.24, 2.45) is 5.92 Å². The lowest BCUT2D eigenvalue weighted by Gasteiger charge is -2.30. The van der Waals surface area contributed by atoms with Crippen LogP contribution in [0.4, 0.5) is 11.5 Å². The van der Waals surface area contributed by atoms with Crippen molar-refractivity contribution in [3.63, 3.8) is 0 Å². The number of anilines is 2. The van der Waals surface area contributed by atoms with Crippen LogP contribution in [0.25, 0.3) is 0 Å². The first-order valence-electron chi connectivity index (χ1n) is 5.49. The molecule has 1 rings (SSSR count). The molecule has 0 saturated heterocycles. The summed E-state index contributed by atoms with van der Waals surface area (Å²) in [5.74, 6) is 1.23. The molecule has 0 radical (unpaired) electrons. The number of nitrogens with two attached hydrogens (primary N) is 1. The summed E-state index contributed by atoms with van der Waals surface area (Å²) in [4.78, 5) is 6.36. The number of nitrogens with zero attached hydrogens (tertiary/aromatic N) is 2. The van der Waals surface area contributed by atoms with E-state index in [0.29, 0.717) is 17.8 Å². The van der Waals surface area contributed by atoms with Gasteiger partial charge in [0.2, 0.25) is 0 Å². The molecule has 3 nitrogen and oxygen atoms in total. The Labute approximate surface area is 92.3 Å². The van der Waals surface area contributed by atoms with Crippen LogP contribution in [0.15, 0.2) is 18.3 Å². The molecule has 15 heavy (non-hydrogen) atoms. The number of pyridine rings is 1. The van der Waals surface area contributed by atoms with Gasteiger partial charge in [-0.25, -0.2) is 4.98 Å². The van der Waals surface area contributed by atoms with Crippen LogP contribution in [0, 0.1) is 5.92 Å². The van der Waals surface area contributed by atoms with Gasteiger partial charge in [0, 0.05) is 30.5 Å². The number of hydrogen-bond acceptors (Lipinski definition) is 3. The van der Waals surface area contributed by atoms with Gasteiger partial charge in [0.25, 0.3) is 0 Å². The quantitative estimate of drug-likeness (QED) is 0.825. The largest absolute Gasteiger partial charge is 0.384 e. The number of hydrogen-bond donors (Lipinski definition) is 1. The molecule has 1 heterocycles. The molecule has 0 aromatic carbocycles. The van der Waals surface area contributed by atoms with Crippen molar-refractivity contribution < 1.29 is 0 Å². The van der Waals surface area contributed by atoms with E-state index < -0.39 is 0 Å². The van der Waals surface area contributed by atoms with Gasteiger partial charge in [-0.05, 0) is 25.8 Å². The van der Waals surface area contributed by atoms with Crippen molar-refractivity contribution in [2.45, 2.75) is 33.7 Å². The van der Waals surface area contributed by atoms with E-state index in [2.05, 4.69) is 37.6 Å². The van der Waals surface area contributed by atoms with Crippen LogP contribution < -0.4 is 10.6 Å². The van der Waals surface area contributed by atoms with Gasteiger partial charge in [-0.2, -0.15) is 0 Å². The summed E-state index contributed by atoms with van der Waals surface area (Å²) >= 11 is 0. The van der Waals surface area contributed by atoms with E-state index in [1.807, 2.05) is 12.1 Å². The Morgan fingerprint density at radius 3 is 2.47 bits per heavy atom. The number of aromatic nitrogens is 1. The molecule has 0 unspecified atom stereocenters. The molecule has 0 fully saturated rings. The molecule has 0 aliphatic heterocycles. The van der Waals surface area contributed by atoms with E-state index in [4.69, 9.17) is 5.73 Å². The van der Waals surface area contributed by atoms with Gasteiger partial charge >= 0.3 is 0 Å². The molecule has 84 valence electrons. The SMILES string of the molecule is CC(C)CN(c1ccnc(N)c1)C(C)C. The van der Waals surface area contributed by atoms with Crippen molar-refractivity contribution in [2.75, 3.05) is 17.2 Å². The van der Waals surface area contributed by atoms with E-state index in [-0.39, 0.29) is 0 Å². The Balaban J connectivity index is 2.88. The second-order valence-corrected chi connectivity index (χ2v) is 4.58. The minimum absolute atomic E-state index is 0.481. The lowest BCUT2D eigenvalue weighted by Crippen LogP contribution is -2.34. The van der Waals surface area contributed by atoms with Gasteiger partial charge in [-0.3, -0.25) is 0 Å². The van der Waals surface area contributed by atoms with Crippen LogP contribution in [0.3, 0.4) is 0 Å². The van der Waals surface area contributed by atoms with Crippen molar-refractivity contribution in [3.8, 4) is 0 Å². The summed E-state index contributed by atoms with van der Waals surface area (Å²) in [7, 11) is 0. The van der Waals surface area contributed by atoms with Gasteiger partial charge in [0.1, 0.15) is 5.82 Å². The fourth-order valence-electron chi connectivity index (χ4n) is 1.62. The van der Waals surface area contributed by atoms with Gasteiger partial charge in [-0.1, -0.05) is 13.8 Å². The molecule has 3 heteroatoms. The molecule has 0 aliphatic carbocycles. The summed E-state index contributed by atoms with van der Waals surface area (Å²) in [6, 6.07) is 4.43. The summed E-state index contributed by atoms with van der Waals surface area (Å²) in [6.45, 7) is 9.87. The van der Waals surface area contributed by atoms with Crippen LogP contribution in [0.1, 0.15) is 27.7 Å². The minimum atomic E-state index is 0.481. The lowest BCUT2D eigenvalue weighted by molar-refractivity contribution is 0.571. The maximum atomic E-state index is 5.69. The predicted molar refractivity (Wildman–Crippen MR) is 66.0 cm³/mol. The first-order valence-corrected chi connectivity index (χ1v) is 5.49. The summed E-state index contributed by atoms with van der Waals surface area (Å²) < 4.78 is 0. The normalized spacial score (nSPS) is 11.1. The van der Waals surface area contributed by atoms with Gasteiger partial charge in [0.05, 0.1) is 0 Å². The van der Waals surface area contributed by atoms with Gasteiger partial charge in [0.15, 0.2) is 0 Å². The molecule has 1 aromatic heterocycles. The highest BCUT2D eigenvalue weighted by molar-refractivity contribution is 5.52. The average Bonchev–Trinajstić information content (AvgIpc) is 2.13. The summed E-state index contributed by atoms with van der Waals surface area (Å²) in [6.07, 6.45) is 1.76. The van der Waals surface area contributed by atoms with Crippen LogP contribution >= 0.6 is 0 Å². The smallest absolute Gasteiger partial charge is 0.125 e. The molecule has 0 saturated carbocycles. The molecule has 2 N–H and O–H groups in total. The highest BCUT2D eigenvalue weighted by atomic mass is 15.2. The fraction of sp³-hybridized carbons (Fsp3) is 0.583. The Morgan fingerprint density at radius 2 is 2.00 bits per heavy atom. The number of nitrogen functional groups attached to an aromatic ring is 1. The molecule has 1 aromatic rings. The van der Waals surface area contributed by atoms with Gasteiger partial charge < -0.3 is 10.6 Å². The molecule has 0 bridgehead atoms. The van der Waals surface area contributed by atoms with Crippen LogP contribution in [-0.2, 0) is 0 Å². The zero-order valence-corrected chi connectivity index (χ0v) is 10.1. The molecule has 0 amide bonds. The molecular weight excluding hydrogens is 186 g/mol. The third kappa shape index (κ3) is 3.42. The first-order chi connectivity index (χ1) is 7.00. The fourth-order valence-corrected chi connectivity index (χ4v) is 1.62. The standard InChI is InChI=1S/C12H21N3/c1-9(2)8-15(10(3)4)11-5-6-14-12(13)7-11/h5-7,9-10H,8H2,1-4H3,(H2,13,14). The molecule has 0 aliphatic rings. The highest BCUT2D eigenvalue weighted by Crippen LogP contribution is 2.19. The van der Waals surface area contributed by atoms with Crippen molar-refractivity contribution in [1.29, 1.82) is 0 Å². The maximum Gasteiger partial charge on any atom is 0.125 e. The highest BCUT2D eigenvalue weighted by Gasteiger charge is 2.12. The minimum Gasteiger partial charge on any atom is -0.384 e. The van der Waals surface area contributed by atoms with E-state index in [0.717, 1.165) is 12.2 Å². The van der Waals surface area contributed by atoms with E-state index >= 15 is 0 Å². The second-order valence-electron chi connectivity index (χ2n) is 4.58. The van der Waals surface area contributed by atoms with E-state index in [9.17, 15) is 0 Å². The maximum absolute atomic E-state index is 5.69. The Hall–Kier alpha value is -1.25. The predicted octanol–water partition coefficient (Wildman–Crippen LogP) is 2.53. The second kappa shape index (κ2) is 5.01. The van der Waals surface area contributed by atoms with Crippen LogP contribution in [0.2, 0.25) is 0 Å². The summed E-state index contributed by atoms with van der Waals surface area (Å²) in [5.41, 5.74) is 6.85. The first kappa shape index (κ1) is 11.8.